The van der Waals surface area contributed by atoms with Crippen molar-refractivity contribution in [3.63, 3.8) is 0 Å². The minimum atomic E-state index is 0.0410. The fourth-order valence-electron chi connectivity index (χ4n) is 4.83. The molecule has 4 heteroatoms. The van der Waals surface area contributed by atoms with Gasteiger partial charge in [0.25, 0.3) is 0 Å². The maximum Gasteiger partial charge on any atom is 0.131 e. The molecule has 1 aromatic heterocycles. The summed E-state index contributed by atoms with van der Waals surface area (Å²) in [6, 6.07) is 23.4. The van der Waals surface area contributed by atoms with Crippen molar-refractivity contribution in [2.24, 2.45) is 0 Å². The van der Waals surface area contributed by atoms with Gasteiger partial charge in [0.2, 0.25) is 0 Å². The molecule has 0 amide bonds. The van der Waals surface area contributed by atoms with E-state index in [1.165, 1.54) is 29.2 Å². The van der Waals surface area contributed by atoms with Crippen molar-refractivity contribution in [3.8, 4) is 5.75 Å². The second-order valence-corrected chi connectivity index (χ2v) is 8.77. The van der Waals surface area contributed by atoms with Crippen LogP contribution in [0, 0.1) is 0 Å². The van der Waals surface area contributed by atoms with E-state index in [4.69, 9.17) is 4.74 Å². The van der Waals surface area contributed by atoms with E-state index in [1.54, 1.807) is 0 Å². The lowest BCUT2D eigenvalue weighted by molar-refractivity contribution is 0.193. The molecule has 0 bridgehead atoms. The molecule has 0 saturated carbocycles. The number of aliphatic hydroxyl groups excluding tert-OH is 1. The predicted molar refractivity (Wildman–Crippen MR) is 132 cm³/mol. The average molecular weight is 427 g/mol. The Morgan fingerprint density at radius 2 is 1.81 bits per heavy atom. The van der Waals surface area contributed by atoms with Crippen molar-refractivity contribution in [1.29, 1.82) is 0 Å². The van der Waals surface area contributed by atoms with Gasteiger partial charge >= 0.3 is 0 Å². The lowest BCUT2D eigenvalue weighted by Gasteiger charge is -2.32. The maximum absolute atomic E-state index is 9.64. The van der Waals surface area contributed by atoms with Gasteiger partial charge in [-0.1, -0.05) is 55.1 Å². The zero-order valence-corrected chi connectivity index (χ0v) is 18.4. The van der Waals surface area contributed by atoms with Gasteiger partial charge in [0.15, 0.2) is 0 Å². The highest BCUT2D eigenvalue weighted by molar-refractivity contribution is 5.89. The van der Waals surface area contributed by atoms with Crippen LogP contribution in [0.15, 0.2) is 73.3 Å². The molecule has 164 valence electrons. The number of aliphatic hydroxyl groups is 1. The Labute approximate surface area is 189 Å². The summed E-state index contributed by atoms with van der Waals surface area (Å²) in [4.78, 5) is 5.73. The SMILES string of the molecule is C=C(O)c1cc2c(OCCCN3CCC(c4ccc5ccccc5c4)CC3)cccc2[nH]1. The summed E-state index contributed by atoms with van der Waals surface area (Å²) in [6.45, 7) is 7.63. The number of rotatable bonds is 7. The number of hydrogen-bond acceptors (Lipinski definition) is 3. The van der Waals surface area contributed by atoms with Gasteiger partial charge in [0.1, 0.15) is 11.5 Å². The molecule has 0 unspecified atom stereocenters. The van der Waals surface area contributed by atoms with E-state index in [1.807, 2.05) is 24.3 Å². The number of aromatic amines is 1. The Morgan fingerprint density at radius 1 is 1.00 bits per heavy atom. The lowest BCUT2D eigenvalue weighted by atomic mass is 9.88. The number of fused-ring (bicyclic) bond motifs is 2. The zero-order chi connectivity index (χ0) is 21.9. The van der Waals surface area contributed by atoms with Gasteiger partial charge in [-0.15, -0.1) is 0 Å². The van der Waals surface area contributed by atoms with Crippen molar-refractivity contribution in [3.05, 3.63) is 84.6 Å². The second kappa shape index (κ2) is 9.09. The van der Waals surface area contributed by atoms with Gasteiger partial charge < -0.3 is 19.7 Å². The molecular formula is C28H30N2O2. The van der Waals surface area contributed by atoms with Crippen molar-refractivity contribution in [1.82, 2.24) is 9.88 Å². The molecule has 2 N–H and O–H groups in total. The van der Waals surface area contributed by atoms with E-state index in [-0.39, 0.29) is 5.76 Å². The number of benzene rings is 3. The van der Waals surface area contributed by atoms with Crippen LogP contribution in [0.1, 0.15) is 36.4 Å². The normalized spacial score (nSPS) is 15.4. The van der Waals surface area contributed by atoms with Crippen molar-refractivity contribution < 1.29 is 9.84 Å². The topological polar surface area (TPSA) is 48.5 Å². The number of hydrogen-bond donors (Lipinski definition) is 2. The number of ether oxygens (including phenoxy) is 1. The minimum absolute atomic E-state index is 0.0410. The van der Waals surface area contributed by atoms with Gasteiger partial charge in [-0.2, -0.15) is 0 Å². The molecule has 0 atom stereocenters. The van der Waals surface area contributed by atoms with Crippen LogP contribution in [0.5, 0.6) is 5.75 Å². The monoisotopic (exact) mass is 426 g/mol. The Hall–Kier alpha value is -3.24. The molecule has 4 aromatic rings. The molecule has 0 radical (unpaired) electrons. The molecule has 4 nitrogen and oxygen atoms in total. The van der Waals surface area contributed by atoms with E-state index >= 15 is 0 Å². The Morgan fingerprint density at radius 3 is 2.62 bits per heavy atom. The molecule has 0 aliphatic carbocycles. The first kappa shape index (κ1) is 20.7. The molecule has 3 aromatic carbocycles. The molecule has 32 heavy (non-hydrogen) atoms. The maximum atomic E-state index is 9.64. The summed E-state index contributed by atoms with van der Waals surface area (Å²) < 4.78 is 6.08. The van der Waals surface area contributed by atoms with Crippen LogP contribution in [-0.2, 0) is 0 Å². The molecule has 2 heterocycles. The number of aromatic nitrogens is 1. The first-order valence-electron chi connectivity index (χ1n) is 11.5. The minimum Gasteiger partial charge on any atom is -0.506 e. The van der Waals surface area contributed by atoms with Crippen LogP contribution in [0.2, 0.25) is 0 Å². The summed E-state index contributed by atoms with van der Waals surface area (Å²) in [5.41, 5.74) is 3.06. The van der Waals surface area contributed by atoms with Crippen molar-refractivity contribution >= 4 is 27.4 Å². The summed E-state index contributed by atoms with van der Waals surface area (Å²) in [6.07, 6.45) is 3.44. The Kier molecular flexibility index (Phi) is 5.87. The molecule has 1 aliphatic rings. The predicted octanol–water partition coefficient (Wildman–Crippen LogP) is 6.50. The van der Waals surface area contributed by atoms with Gasteiger partial charge in [0, 0.05) is 17.4 Å². The van der Waals surface area contributed by atoms with Crippen LogP contribution >= 0.6 is 0 Å². The zero-order valence-electron chi connectivity index (χ0n) is 18.4. The first-order valence-corrected chi connectivity index (χ1v) is 11.5. The summed E-state index contributed by atoms with van der Waals surface area (Å²) in [5, 5.41) is 13.3. The van der Waals surface area contributed by atoms with E-state index in [0.717, 1.165) is 42.7 Å². The van der Waals surface area contributed by atoms with Gasteiger partial charge in [-0.25, -0.2) is 0 Å². The third kappa shape index (κ3) is 4.37. The van der Waals surface area contributed by atoms with Crippen LogP contribution in [0.3, 0.4) is 0 Å². The number of nitrogens with zero attached hydrogens (tertiary/aromatic N) is 1. The van der Waals surface area contributed by atoms with Crippen LogP contribution in [0.25, 0.3) is 27.4 Å². The van der Waals surface area contributed by atoms with Crippen molar-refractivity contribution in [2.75, 3.05) is 26.2 Å². The highest BCUT2D eigenvalue weighted by Gasteiger charge is 2.20. The standard InChI is InChI=1S/C28H30N2O2/c1-20(31)27-19-25-26(29-27)8-4-9-28(25)32-17-5-14-30-15-12-22(13-16-30)24-11-10-21-6-2-3-7-23(21)18-24/h2-4,6-11,18-19,22,29,31H,1,5,12-17H2. The number of nitrogens with one attached hydrogen (secondary N) is 1. The average Bonchev–Trinajstić information content (AvgIpc) is 3.28. The molecule has 1 fully saturated rings. The van der Waals surface area contributed by atoms with Crippen LogP contribution in [-0.4, -0.2) is 41.2 Å². The number of H-pyrrole nitrogens is 1. The first-order chi connectivity index (χ1) is 15.7. The third-order valence-corrected chi connectivity index (χ3v) is 6.64. The fourth-order valence-corrected chi connectivity index (χ4v) is 4.83. The summed E-state index contributed by atoms with van der Waals surface area (Å²) >= 11 is 0. The highest BCUT2D eigenvalue weighted by Crippen LogP contribution is 2.31. The lowest BCUT2D eigenvalue weighted by Crippen LogP contribution is -2.34. The largest absolute Gasteiger partial charge is 0.506 e. The molecule has 5 rings (SSSR count). The van der Waals surface area contributed by atoms with E-state index in [2.05, 4.69) is 58.9 Å². The van der Waals surface area contributed by atoms with E-state index in [0.29, 0.717) is 18.2 Å². The van der Waals surface area contributed by atoms with Crippen LogP contribution < -0.4 is 4.74 Å². The second-order valence-electron chi connectivity index (χ2n) is 8.77. The molecule has 1 aliphatic heterocycles. The van der Waals surface area contributed by atoms with Crippen LogP contribution in [0.4, 0.5) is 0 Å². The smallest absolute Gasteiger partial charge is 0.131 e. The number of likely N-dealkylation sites (tertiary alicyclic amines) is 1. The van der Waals surface area contributed by atoms with Gasteiger partial charge in [0.05, 0.1) is 12.3 Å². The van der Waals surface area contributed by atoms with Gasteiger partial charge in [-0.3, -0.25) is 0 Å². The number of piperidine rings is 1. The van der Waals surface area contributed by atoms with Crippen molar-refractivity contribution in [2.45, 2.75) is 25.2 Å². The molecule has 1 saturated heterocycles. The van der Waals surface area contributed by atoms with E-state index in [9.17, 15) is 5.11 Å². The van der Waals surface area contributed by atoms with Gasteiger partial charge in [-0.05, 0) is 72.8 Å². The summed E-state index contributed by atoms with van der Waals surface area (Å²) in [7, 11) is 0. The highest BCUT2D eigenvalue weighted by atomic mass is 16.5. The Balaban J connectivity index is 1.11. The van der Waals surface area contributed by atoms with E-state index < -0.39 is 0 Å². The Bertz CT molecular complexity index is 1230. The quantitative estimate of drug-likeness (QED) is 0.262. The third-order valence-electron chi connectivity index (χ3n) is 6.64. The summed E-state index contributed by atoms with van der Waals surface area (Å²) in [5.74, 6) is 1.55. The fraction of sp³-hybridized carbons (Fsp3) is 0.286. The molecular weight excluding hydrogens is 396 g/mol. The molecule has 0 spiro atoms.